The van der Waals surface area contributed by atoms with E-state index in [9.17, 15) is 24.0 Å². The molecule has 11 nitrogen and oxygen atoms in total. The van der Waals surface area contributed by atoms with E-state index >= 15 is 0 Å². The summed E-state index contributed by atoms with van der Waals surface area (Å²) in [5, 5.41) is 13.9. The highest BCUT2D eigenvalue weighted by molar-refractivity contribution is 5.94. The first kappa shape index (κ1) is 24.3. The molecule has 0 saturated carbocycles. The summed E-state index contributed by atoms with van der Waals surface area (Å²) < 4.78 is 0. The van der Waals surface area contributed by atoms with Gasteiger partial charge in [-0.3, -0.25) is 24.0 Å². The number of amides is 4. The van der Waals surface area contributed by atoms with E-state index in [0.717, 1.165) is 0 Å². The largest absolute Gasteiger partial charge is 0.480 e. The van der Waals surface area contributed by atoms with Crippen LogP contribution in [0.3, 0.4) is 0 Å². The Labute approximate surface area is 169 Å². The molecule has 1 aliphatic heterocycles. The Kier molecular flexibility index (Phi) is 9.02. The number of aliphatic carboxylic acids is 1. The van der Waals surface area contributed by atoms with Gasteiger partial charge in [0.25, 0.3) is 0 Å². The summed E-state index contributed by atoms with van der Waals surface area (Å²) in [7, 11) is 0. The maximum absolute atomic E-state index is 12.8. The third kappa shape index (κ3) is 7.00. The van der Waals surface area contributed by atoms with E-state index in [2.05, 4.69) is 10.6 Å². The number of nitrogens with zero attached hydrogens (tertiary/aromatic N) is 1. The van der Waals surface area contributed by atoms with Crippen LogP contribution in [0.5, 0.6) is 0 Å². The number of carboxylic acids is 1. The molecule has 0 aromatic carbocycles. The molecule has 0 aliphatic carbocycles. The molecule has 0 spiro atoms. The van der Waals surface area contributed by atoms with Crippen molar-refractivity contribution in [3.05, 3.63) is 0 Å². The van der Waals surface area contributed by atoms with Crippen LogP contribution in [-0.2, 0) is 24.0 Å². The maximum atomic E-state index is 12.8. The van der Waals surface area contributed by atoms with Crippen molar-refractivity contribution < 1.29 is 29.1 Å². The summed E-state index contributed by atoms with van der Waals surface area (Å²) in [5.74, 6) is -3.63. The smallest absolute Gasteiger partial charge is 0.325 e. The Balaban J connectivity index is 2.80. The van der Waals surface area contributed by atoms with Crippen LogP contribution < -0.4 is 22.1 Å². The molecular formula is C18H31N5O6. The molecule has 4 unspecified atom stereocenters. The molecule has 0 aromatic heterocycles. The van der Waals surface area contributed by atoms with Gasteiger partial charge in [0.2, 0.25) is 23.6 Å². The highest BCUT2D eigenvalue weighted by Gasteiger charge is 2.38. The van der Waals surface area contributed by atoms with Crippen molar-refractivity contribution in [2.75, 3.05) is 6.54 Å². The number of rotatable bonds is 10. The van der Waals surface area contributed by atoms with Crippen molar-refractivity contribution in [1.82, 2.24) is 15.5 Å². The number of hydrogen-bond donors (Lipinski definition) is 5. The van der Waals surface area contributed by atoms with Gasteiger partial charge in [0.15, 0.2) is 0 Å². The number of nitrogens with one attached hydrogen (secondary N) is 2. The number of likely N-dealkylation sites (tertiary alicyclic amines) is 1. The van der Waals surface area contributed by atoms with Crippen molar-refractivity contribution in [3.8, 4) is 0 Å². The fourth-order valence-electron chi connectivity index (χ4n) is 3.09. The first-order chi connectivity index (χ1) is 13.5. The van der Waals surface area contributed by atoms with Crippen LogP contribution in [0.15, 0.2) is 0 Å². The lowest BCUT2D eigenvalue weighted by atomic mass is 10.0. The minimum Gasteiger partial charge on any atom is -0.480 e. The van der Waals surface area contributed by atoms with E-state index in [0.29, 0.717) is 19.4 Å². The van der Waals surface area contributed by atoms with Crippen LogP contribution >= 0.6 is 0 Å². The number of nitrogens with two attached hydrogens (primary N) is 2. The summed E-state index contributed by atoms with van der Waals surface area (Å²) in [5.41, 5.74) is 10.9. The lowest BCUT2D eigenvalue weighted by Crippen LogP contribution is -2.57. The molecular weight excluding hydrogens is 382 g/mol. The van der Waals surface area contributed by atoms with E-state index < -0.39 is 53.8 Å². The second-order valence-electron chi connectivity index (χ2n) is 7.60. The van der Waals surface area contributed by atoms with Crippen molar-refractivity contribution in [1.29, 1.82) is 0 Å². The van der Waals surface area contributed by atoms with Gasteiger partial charge in [-0.25, -0.2) is 0 Å². The second-order valence-corrected chi connectivity index (χ2v) is 7.60. The predicted molar refractivity (Wildman–Crippen MR) is 103 cm³/mol. The third-order valence-electron chi connectivity index (χ3n) is 4.83. The Bertz CT molecular complexity index is 653. The molecule has 164 valence electrons. The van der Waals surface area contributed by atoms with Gasteiger partial charge >= 0.3 is 5.97 Å². The Hall–Kier alpha value is -2.69. The summed E-state index contributed by atoms with van der Waals surface area (Å²) in [6, 6.07) is -3.79. The SMILES string of the molecule is CC(NC(=O)C(NC(=O)C1CCCN1C(=O)C(N)CCC(N)=O)C(C)C)C(=O)O. The summed E-state index contributed by atoms with van der Waals surface area (Å²) >= 11 is 0. The minimum absolute atomic E-state index is 0.0328. The molecule has 1 heterocycles. The van der Waals surface area contributed by atoms with Gasteiger partial charge in [0.05, 0.1) is 6.04 Å². The van der Waals surface area contributed by atoms with Crippen LogP contribution in [0.25, 0.3) is 0 Å². The van der Waals surface area contributed by atoms with Crippen molar-refractivity contribution in [2.45, 2.75) is 70.6 Å². The van der Waals surface area contributed by atoms with Gasteiger partial charge in [-0.05, 0) is 32.1 Å². The van der Waals surface area contributed by atoms with Crippen LogP contribution in [0, 0.1) is 5.92 Å². The van der Waals surface area contributed by atoms with Crippen molar-refractivity contribution >= 4 is 29.6 Å². The number of carbonyl (C=O) groups excluding carboxylic acids is 4. The molecule has 11 heteroatoms. The summed E-state index contributed by atoms with van der Waals surface area (Å²) in [6.07, 6.45) is 1.07. The van der Waals surface area contributed by atoms with Gasteiger partial charge in [0, 0.05) is 13.0 Å². The molecule has 1 rings (SSSR count). The maximum Gasteiger partial charge on any atom is 0.325 e. The first-order valence-corrected chi connectivity index (χ1v) is 9.63. The molecule has 1 saturated heterocycles. The van der Waals surface area contributed by atoms with Crippen LogP contribution in [0.1, 0.15) is 46.5 Å². The highest BCUT2D eigenvalue weighted by atomic mass is 16.4. The topological polar surface area (TPSA) is 185 Å². The summed E-state index contributed by atoms with van der Waals surface area (Å²) in [6.45, 7) is 5.10. The van der Waals surface area contributed by atoms with Crippen LogP contribution in [0.4, 0.5) is 0 Å². The standard InChI is InChI=1S/C18H31N5O6/c1-9(2)14(16(26)21-10(3)18(28)29)22-15(25)12-5-4-8-23(12)17(27)11(19)6-7-13(20)24/h9-12,14H,4-8,19H2,1-3H3,(H2,20,24)(H,21,26)(H,22,25)(H,28,29). The molecule has 1 fully saturated rings. The lowest BCUT2D eigenvalue weighted by molar-refractivity contribution is -0.143. The zero-order valence-electron chi connectivity index (χ0n) is 17.0. The normalized spacial score (nSPS) is 19.3. The fraction of sp³-hybridized carbons (Fsp3) is 0.722. The van der Waals surface area contributed by atoms with Gasteiger partial charge in [-0.1, -0.05) is 13.8 Å². The molecule has 4 amide bonds. The first-order valence-electron chi connectivity index (χ1n) is 9.63. The van der Waals surface area contributed by atoms with E-state index in [1.165, 1.54) is 11.8 Å². The molecule has 0 bridgehead atoms. The molecule has 0 radical (unpaired) electrons. The summed E-state index contributed by atoms with van der Waals surface area (Å²) in [4.78, 5) is 60.9. The zero-order chi connectivity index (χ0) is 22.3. The monoisotopic (exact) mass is 413 g/mol. The molecule has 4 atom stereocenters. The molecule has 1 aliphatic rings. The second kappa shape index (κ2) is 10.7. The Morgan fingerprint density at radius 3 is 2.28 bits per heavy atom. The Morgan fingerprint density at radius 1 is 1.14 bits per heavy atom. The highest BCUT2D eigenvalue weighted by Crippen LogP contribution is 2.20. The lowest BCUT2D eigenvalue weighted by Gasteiger charge is -2.29. The van der Waals surface area contributed by atoms with E-state index in [1.54, 1.807) is 13.8 Å². The minimum atomic E-state index is -1.19. The Morgan fingerprint density at radius 2 is 1.76 bits per heavy atom. The molecule has 7 N–H and O–H groups in total. The van der Waals surface area contributed by atoms with Gasteiger partial charge in [-0.2, -0.15) is 0 Å². The number of carbonyl (C=O) groups is 5. The number of primary amides is 1. The average molecular weight is 413 g/mol. The van der Waals surface area contributed by atoms with Gasteiger partial charge in [-0.15, -0.1) is 0 Å². The quantitative estimate of drug-likeness (QED) is 0.282. The van der Waals surface area contributed by atoms with E-state index in [1.807, 2.05) is 0 Å². The molecule has 0 aromatic rings. The number of hydrogen-bond acceptors (Lipinski definition) is 6. The zero-order valence-corrected chi connectivity index (χ0v) is 17.0. The fourth-order valence-corrected chi connectivity index (χ4v) is 3.09. The van der Waals surface area contributed by atoms with Crippen LogP contribution in [-0.4, -0.2) is 70.3 Å². The van der Waals surface area contributed by atoms with E-state index in [-0.39, 0.29) is 18.8 Å². The number of carboxylic acid groups (broad SMARTS) is 1. The third-order valence-corrected chi connectivity index (χ3v) is 4.83. The van der Waals surface area contributed by atoms with Gasteiger partial charge in [0.1, 0.15) is 18.1 Å². The van der Waals surface area contributed by atoms with E-state index in [4.69, 9.17) is 16.6 Å². The van der Waals surface area contributed by atoms with Crippen LogP contribution in [0.2, 0.25) is 0 Å². The van der Waals surface area contributed by atoms with Crippen molar-refractivity contribution in [3.63, 3.8) is 0 Å². The predicted octanol–water partition coefficient (Wildman–Crippen LogP) is -1.70. The molecule has 29 heavy (non-hydrogen) atoms. The van der Waals surface area contributed by atoms with Crippen molar-refractivity contribution in [2.24, 2.45) is 17.4 Å². The van der Waals surface area contributed by atoms with Gasteiger partial charge < -0.3 is 32.1 Å². The average Bonchev–Trinajstić information content (AvgIpc) is 3.12.